The minimum atomic E-state index is -4.75. The second kappa shape index (κ2) is 7.23. The summed E-state index contributed by atoms with van der Waals surface area (Å²) in [6, 6.07) is 6.29. The number of rotatable bonds is 4. The van der Waals surface area contributed by atoms with Gasteiger partial charge in [0.2, 0.25) is 15.8 Å². The van der Waals surface area contributed by atoms with E-state index >= 15 is 0 Å². The number of aromatic nitrogens is 4. The largest absolute Gasteiger partial charge is 0.451 e. The Kier molecular flexibility index (Phi) is 4.97. The summed E-state index contributed by atoms with van der Waals surface area (Å²) >= 11 is 0. The Balaban J connectivity index is 1.49. The van der Waals surface area contributed by atoms with Crippen molar-refractivity contribution < 1.29 is 26.1 Å². The van der Waals surface area contributed by atoms with E-state index in [1.54, 1.807) is 24.3 Å². The van der Waals surface area contributed by atoms with Crippen molar-refractivity contribution in [1.29, 1.82) is 0 Å². The Bertz CT molecular complexity index is 1240. The third-order valence-electron chi connectivity index (χ3n) is 5.19. The summed E-state index contributed by atoms with van der Waals surface area (Å²) in [5.41, 5.74) is -0.0995. The van der Waals surface area contributed by atoms with Gasteiger partial charge in [0.25, 0.3) is 0 Å². The molecule has 1 aliphatic heterocycles. The molecule has 1 aromatic carbocycles. The lowest BCUT2D eigenvalue weighted by atomic mass is 10.1. The Morgan fingerprint density at radius 1 is 1.20 bits per heavy atom. The molecule has 0 bridgehead atoms. The number of alkyl halides is 3. The van der Waals surface area contributed by atoms with Crippen molar-refractivity contribution >= 4 is 21.0 Å². The van der Waals surface area contributed by atoms with Gasteiger partial charge >= 0.3 is 11.9 Å². The SMILES string of the molecule is Cn1c(C(F)(F)F)nn(C2CCN(S(=O)(=O)Cc3noc4ccccc34)CC2)c1=O. The zero-order valence-electron chi connectivity index (χ0n) is 15.8. The number of para-hydroxylation sites is 1. The summed E-state index contributed by atoms with van der Waals surface area (Å²) in [7, 11) is -2.71. The van der Waals surface area contributed by atoms with E-state index in [2.05, 4.69) is 10.3 Å². The molecule has 3 heterocycles. The molecule has 1 aliphatic rings. The van der Waals surface area contributed by atoms with E-state index in [1.807, 2.05) is 0 Å². The van der Waals surface area contributed by atoms with E-state index in [1.165, 1.54) is 4.31 Å². The Morgan fingerprint density at radius 3 is 2.50 bits per heavy atom. The maximum absolute atomic E-state index is 13.0. The molecule has 30 heavy (non-hydrogen) atoms. The van der Waals surface area contributed by atoms with Crippen molar-refractivity contribution in [3.63, 3.8) is 0 Å². The summed E-state index contributed by atoms with van der Waals surface area (Å²) in [5.74, 6) is -1.63. The third kappa shape index (κ3) is 3.62. The molecule has 2 aromatic heterocycles. The van der Waals surface area contributed by atoms with Gasteiger partial charge < -0.3 is 4.52 Å². The minimum Gasteiger partial charge on any atom is -0.356 e. The molecular weight excluding hydrogens is 427 g/mol. The summed E-state index contributed by atoms with van der Waals surface area (Å²) in [4.78, 5) is 12.2. The average Bonchev–Trinajstić information content (AvgIpc) is 3.23. The van der Waals surface area contributed by atoms with Crippen molar-refractivity contribution in [1.82, 2.24) is 23.8 Å². The quantitative estimate of drug-likeness (QED) is 0.608. The molecule has 0 aliphatic carbocycles. The molecule has 3 aromatic rings. The van der Waals surface area contributed by atoms with Gasteiger partial charge in [0.1, 0.15) is 11.4 Å². The molecule has 0 radical (unpaired) electrons. The van der Waals surface area contributed by atoms with Gasteiger partial charge in [0.05, 0.1) is 6.04 Å². The molecule has 0 spiro atoms. The molecule has 0 unspecified atom stereocenters. The first-order valence-corrected chi connectivity index (χ1v) is 10.7. The summed E-state index contributed by atoms with van der Waals surface area (Å²) in [6.45, 7) is 0.125. The topological polar surface area (TPSA) is 103 Å². The monoisotopic (exact) mass is 445 g/mol. The van der Waals surface area contributed by atoms with Crippen molar-refractivity contribution in [3.05, 3.63) is 46.3 Å². The Labute approximate surface area is 168 Å². The number of fused-ring (bicyclic) bond motifs is 1. The second-order valence-electron chi connectivity index (χ2n) is 7.12. The molecule has 0 saturated carbocycles. The molecule has 162 valence electrons. The molecule has 1 fully saturated rings. The zero-order chi connectivity index (χ0) is 21.7. The highest BCUT2D eigenvalue weighted by Gasteiger charge is 2.39. The lowest BCUT2D eigenvalue weighted by Gasteiger charge is -2.30. The number of hydrogen-bond acceptors (Lipinski definition) is 6. The summed E-state index contributed by atoms with van der Waals surface area (Å²) in [5, 5.41) is 7.88. The van der Waals surface area contributed by atoms with Crippen LogP contribution in [0.4, 0.5) is 13.2 Å². The standard InChI is InChI=1S/C17H18F3N5O4S/c1-23-15(17(18,19)20)21-25(16(23)26)11-6-8-24(9-7-11)30(27,28)10-13-12-4-2-3-5-14(12)29-22-13/h2-5,11H,6-10H2,1H3. The van der Waals surface area contributed by atoms with Crippen molar-refractivity contribution in [2.24, 2.45) is 7.05 Å². The van der Waals surface area contributed by atoms with Gasteiger partial charge in [-0.05, 0) is 25.0 Å². The smallest absolute Gasteiger partial charge is 0.356 e. The van der Waals surface area contributed by atoms with Crippen LogP contribution in [0.3, 0.4) is 0 Å². The maximum Gasteiger partial charge on any atom is 0.451 e. The van der Waals surface area contributed by atoms with Crippen LogP contribution in [-0.4, -0.2) is 45.3 Å². The second-order valence-corrected chi connectivity index (χ2v) is 9.09. The number of piperidine rings is 1. The van der Waals surface area contributed by atoms with Crippen LogP contribution in [0.1, 0.15) is 30.4 Å². The van der Waals surface area contributed by atoms with Gasteiger partial charge in [0, 0.05) is 25.5 Å². The van der Waals surface area contributed by atoms with Gasteiger partial charge in [-0.3, -0.25) is 4.57 Å². The first-order chi connectivity index (χ1) is 14.1. The fourth-order valence-electron chi connectivity index (χ4n) is 3.61. The van der Waals surface area contributed by atoms with E-state index < -0.39 is 33.8 Å². The fraction of sp³-hybridized carbons (Fsp3) is 0.471. The predicted molar refractivity (Wildman–Crippen MR) is 98.9 cm³/mol. The molecule has 9 nitrogen and oxygen atoms in total. The van der Waals surface area contributed by atoms with E-state index in [9.17, 15) is 26.4 Å². The van der Waals surface area contributed by atoms with Crippen LogP contribution in [0.25, 0.3) is 11.0 Å². The first kappa shape index (κ1) is 20.6. The van der Waals surface area contributed by atoms with E-state index in [0.29, 0.717) is 21.2 Å². The molecule has 0 N–H and O–H groups in total. The van der Waals surface area contributed by atoms with Gasteiger partial charge in [-0.2, -0.15) is 13.2 Å². The van der Waals surface area contributed by atoms with Crippen LogP contribution < -0.4 is 5.69 Å². The van der Waals surface area contributed by atoms with E-state index in [4.69, 9.17) is 4.52 Å². The van der Waals surface area contributed by atoms with Crippen LogP contribution in [-0.2, 0) is 29.0 Å². The number of sulfonamides is 1. The molecular formula is C17H18F3N5O4S. The molecule has 0 atom stereocenters. The normalized spacial score (nSPS) is 17.1. The average molecular weight is 445 g/mol. The molecule has 0 amide bonds. The van der Waals surface area contributed by atoms with Crippen LogP contribution >= 0.6 is 0 Å². The zero-order valence-corrected chi connectivity index (χ0v) is 16.6. The molecule has 13 heteroatoms. The van der Waals surface area contributed by atoms with E-state index in [0.717, 1.165) is 11.7 Å². The van der Waals surface area contributed by atoms with Gasteiger partial charge in [-0.1, -0.05) is 17.3 Å². The highest BCUT2D eigenvalue weighted by atomic mass is 32.2. The minimum absolute atomic E-state index is 0.0626. The lowest BCUT2D eigenvalue weighted by Crippen LogP contribution is -2.41. The third-order valence-corrected chi connectivity index (χ3v) is 6.98. The Hall–Kier alpha value is -2.67. The van der Waals surface area contributed by atoms with Gasteiger partial charge in [-0.15, -0.1) is 5.10 Å². The number of halogens is 3. The highest BCUT2D eigenvalue weighted by Crippen LogP contribution is 2.29. The van der Waals surface area contributed by atoms with E-state index in [-0.39, 0.29) is 31.7 Å². The van der Waals surface area contributed by atoms with Crippen molar-refractivity contribution in [2.75, 3.05) is 13.1 Å². The summed E-state index contributed by atoms with van der Waals surface area (Å²) < 4.78 is 72.2. The predicted octanol–water partition coefficient (Wildman–Crippen LogP) is 1.91. The Morgan fingerprint density at radius 2 is 1.87 bits per heavy atom. The fourth-order valence-corrected chi connectivity index (χ4v) is 5.12. The van der Waals surface area contributed by atoms with Crippen molar-refractivity contribution in [2.45, 2.75) is 30.8 Å². The van der Waals surface area contributed by atoms with Crippen LogP contribution in [0, 0.1) is 0 Å². The van der Waals surface area contributed by atoms with Crippen molar-refractivity contribution in [3.8, 4) is 0 Å². The number of hydrogen-bond donors (Lipinski definition) is 0. The van der Waals surface area contributed by atoms with Gasteiger partial charge in [-0.25, -0.2) is 22.2 Å². The molecule has 4 rings (SSSR count). The highest BCUT2D eigenvalue weighted by molar-refractivity contribution is 7.88. The number of benzene rings is 1. The van der Waals surface area contributed by atoms with Crippen LogP contribution in [0.15, 0.2) is 33.6 Å². The van der Waals surface area contributed by atoms with Crippen LogP contribution in [0.5, 0.6) is 0 Å². The number of nitrogens with zero attached hydrogens (tertiary/aromatic N) is 5. The lowest BCUT2D eigenvalue weighted by molar-refractivity contribution is -0.147. The summed E-state index contributed by atoms with van der Waals surface area (Å²) in [6.07, 6.45) is -4.40. The first-order valence-electron chi connectivity index (χ1n) is 9.12. The maximum atomic E-state index is 13.0. The molecule has 1 saturated heterocycles. The van der Waals surface area contributed by atoms with Crippen LogP contribution in [0.2, 0.25) is 0 Å². The van der Waals surface area contributed by atoms with Gasteiger partial charge in [0.15, 0.2) is 5.58 Å².